The molecule has 118 valence electrons. The Hall–Kier alpha value is -1.40. The summed E-state index contributed by atoms with van der Waals surface area (Å²) in [4.78, 5) is 24.5. The lowest BCUT2D eigenvalue weighted by atomic mass is 9.83. The number of amides is 2. The van der Waals surface area contributed by atoms with Crippen LogP contribution in [0, 0.1) is 5.41 Å². The number of carbonyl (C=O) groups is 2. The predicted molar refractivity (Wildman–Crippen MR) is 84.4 cm³/mol. The smallest absolute Gasteiger partial charge is 0.261 e. The normalized spacial score (nSPS) is 12.8. The van der Waals surface area contributed by atoms with Crippen molar-refractivity contribution in [2.24, 2.45) is 5.41 Å². The van der Waals surface area contributed by atoms with Crippen LogP contribution in [0.5, 0.6) is 0 Å². The highest BCUT2D eigenvalue weighted by molar-refractivity contribution is 7.12. The van der Waals surface area contributed by atoms with Crippen molar-refractivity contribution in [1.29, 1.82) is 0 Å². The molecule has 0 saturated carbocycles. The zero-order valence-corrected chi connectivity index (χ0v) is 13.6. The Labute approximate surface area is 129 Å². The predicted octanol–water partition coefficient (Wildman–Crippen LogP) is 1.78. The van der Waals surface area contributed by atoms with Gasteiger partial charge in [0.25, 0.3) is 5.91 Å². The number of hydrogen-bond donors (Lipinski definition) is 3. The Morgan fingerprint density at radius 3 is 2.52 bits per heavy atom. The molecule has 1 unspecified atom stereocenters. The highest BCUT2D eigenvalue weighted by atomic mass is 32.1. The van der Waals surface area contributed by atoms with Gasteiger partial charge in [-0.3, -0.25) is 9.59 Å². The largest absolute Gasteiger partial charge is 0.396 e. The topological polar surface area (TPSA) is 78.4 Å². The van der Waals surface area contributed by atoms with Crippen molar-refractivity contribution in [3.63, 3.8) is 0 Å². The lowest BCUT2D eigenvalue weighted by Gasteiger charge is -2.30. The van der Waals surface area contributed by atoms with Gasteiger partial charge in [-0.15, -0.1) is 11.3 Å². The Kier molecular flexibility index (Phi) is 6.84. The highest BCUT2D eigenvalue weighted by Gasteiger charge is 2.27. The van der Waals surface area contributed by atoms with E-state index in [0.29, 0.717) is 11.4 Å². The van der Waals surface area contributed by atoms with Crippen LogP contribution in [0.2, 0.25) is 0 Å². The molecule has 21 heavy (non-hydrogen) atoms. The second-order valence-corrected chi connectivity index (χ2v) is 6.20. The number of carbonyl (C=O) groups excluding carboxylic acids is 2. The summed E-state index contributed by atoms with van der Waals surface area (Å²) in [5, 5.41) is 16.8. The van der Waals surface area contributed by atoms with E-state index in [1.807, 2.05) is 19.2 Å². The van der Waals surface area contributed by atoms with Crippen LogP contribution < -0.4 is 10.6 Å². The minimum atomic E-state index is -0.607. The van der Waals surface area contributed by atoms with Gasteiger partial charge in [0.1, 0.15) is 6.04 Å². The fraction of sp³-hybridized carbons (Fsp3) is 0.600. The molecule has 5 nitrogen and oxygen atoms in total. The van der Waals surface area contributed by atoms with Gasteiger partial charge in [-0.25, -0.2) is 0 Å². The summed E-state index contributed by atoms with van der Waals surface area (Å²) < 4.78 is 0. The van der Waals surface area contributed by atoms with Gasteiger partial charge in [-0.05, 0) is 31.2 Å². The number of nitrogens with one attached hydrogen (secondary N) is 2. The van der Waals surface area contributed by atoms with E-state index in [4.69, 9.17) is 0 Å². The molecule has 1 heterocycles. The molecule has 1 atom stereocenters. The molecule has 0 bridgehead atoms. The van der Waals surface area contributed by atoms with Gasteiger partial charge < -0.3 is 15.7 Å². The van der Waals surface area contributed by atoms with Crippen LogP contribution in [0.4, 0.5) is 0 Å². The number of aliphatic hydroxyl groups excluding tert-OH is 1. The molecule has 6 heteroatoms. The summed E-state index contributed by atoms with van der Waals surface area (Å²) in [6, 6.07) is 2.91. The molecule has 1 aromatic heterocycles. The summed E-state index contributed by atoms with van der Waals surface area (Å²) in [5.41, 5.74) is -0.285. The van der Waals surface area contributed by atoms with Crippen molar-refractivity contribution >= 4 is 23.2 Å². The molecule has 0 aliphatic carbocycles. The third-order valence-electron chi connectivity index (χ3n) is 3.96. The summed E-state index contributed by atoms with van der Waals surface area (Å²) >= 11 is 1.34. The van der Waals surface area contributed by atoms with E-state index in [9.17, 15) is 14.7 Å². The fourth-order valence-corrected chi connectivity index (χ4v) is 2.58. The summed E-state index contributed by atoms with van der Waals surface area (Å²) in [7, 11) is 0. The average Bonchev–Trinajstić information content (AvgIpc) is 3.03. The van der Waals surface area contributed by atoms with E-state index in [0.717, 1.165) is 12.8 Å². The maximum absolute atomic E-state index is 12.0. The Balaban J connectivity index is 2.49. The third-order valence-corrected chi connectivity index (χ3v) is 4.83. The molecule has 0 aliphatic rings. The average molecular weight is 312 g/mol. The fourth-order valence-electron chi connectivity index (χ4n) is 1.95. The van der Waals surface area contributed by atoms with Crippen molar-refractivity contribution in [2.45, 2.75) is 39.7 Å². The molecule has 0 fully saturated rings. The van der Waals surface area contributed by atoms with E-state index in [2.05, 4.69) is 10.6 Å². The van der Waals surface area contributed by atoms with Gasteiger partial charge in [0.15, 0.2) is 0 Å². The zero-order valence-electron chi connectivity index (χ0n) is 12.8. The zero-order chi connectivity index (χ0) is 15.9. The molecule has 0 aliphatic heterocycles. The van der Waals surface area contributed by atoms with Crippen LogP contribution in [-0.4, -0.2) is 36.1 Å². The molecule has 0 radical (unpaired) electrons. The van der Waals surface area contributed by atoms with Gasteiger partial charge >= 0.3 is 0 Å². The molecule has 2 amide bonds. The SMILES string of the molecule is CCC(CC)(CO)CNC(=O)C(C)NC(=O)c1cccs1. The van der Waals surface area contributed by atoms with Gasteiger partial charge in [0.05, 0.1) is 11.5 Å². The van der Waals surface area contributed by atoms with E-state index >= 15 is 0 Å². The van der Waals surface area contributed by atoms with E-state index in [-0.39, 0.29) is 23.8 Å². The van der Waals surface area contributed by atoms with Gasteiger partial charge in [0, 0.05) is 12.0 Å². The summed E-state index contributed by atoms with van der Waals surface area (Å²) in [6.45, 7) is 6.09. The molecular weight excluding hydrogens is 288 g/mol. The van der Waals surface area contributed by atoms with Crippen LogP contribution in [0.25, 0.3) is 0 Å². The first-order valence-corrected chi connectivity index (χ1v) is 8.09. The van der Waals surface area contributed by atoms with Crippen molar-refractivity contribution in [3.05, 3.63) is 22.4 Å². The number of hydrogen-bond acceptors (Lipinski definition) is 4. The van der Waals surface area contributed by atoms with Crippen molar-refractivity contribution < 1.29 is 14.7 Å². The Bertz CT molecular complexity index is 447. The molecular formula is C15H24N2O3S. The first-order valence-electron chi connectivity index (χ1n) is 7.21. The van der Waals surface area contributed by atoms with Crippen LogP contribution in [-0.2, 0) is 4.79 Å². The summed E-state index contributed by atoms with van der Waals surface area (Å²) in [6.07, 6.45) is 1.58. The monoisotopic (exact) mass is 312 g/mol. The van der Waals surface area contributed by atoms with Crippen LogP contribution in [0.15, 0.2) is 17.5 Å². The maximum Gasteiger partial charge on any atom is 0.261 e. The number of rotatable bonds is 8. The standard InChI is InChI=1S/C15H24N2O3S/c1-4-15(5-2,10-18)9-16-13(19)11(3)17-14(20)12-7-6-8-21-12/h6-8,11,18H,4-5,9-10H2,1-3H3,(H,16,19)(H,17,20). The second kappa shape index (κ2) is 8.14. The minimum absolute atomic E-state index is 0.0379. The van der Waals surface area contributed by atoms with Crippen LogP contribution >= 0.6 is 11.3 Å². The molecule has 0 spiro atoms. The molecule has 3 N–H and O–H groups in total. The lowest BCUT2D eigenvalue weighted by molar-refractivity contribution is -0.123. The minimum Gasteiger partial charge on any atom is -0.396 e. The Morgan fingerprint density at radius 1 is 1.38 bits per heavy atom. The van der Waals surface area contributed by atoms with Gasteiger partial charge in [-0.1, -0.05) is 19.9 Å². The number of aliphatic hydroxyl groups is 1. The molecule has 0 aromatic carbocycles. The second-order valence-electron chi connectivity index (χ2n) is 5.26. The van der Waals surface area contributed by atoms with Crippen LogP contribution in [0.1, 0.15) is 43.3 Å². The quantitative estimate of drug-likeness (QED) is 0.684. The molecule has 0 saturated heterocycles. The summed E-state index contributed by atoms with van der Waals surface area (Å²) in [5.74, 6) is -0.480. The van der Waals surface area contributed by atoms with Crippen molar-refractivity contribution in [3.8, 4) is 0 Å². The van der Waals surface area contributed by atoms with Crippen molar-refractivity contribution in [2.75, 3.05) is 13.2 Å². The number of thiophene rings is 1. The molecule has 1 aromatic rings. The van der Waals surface area contributed by atoms with Gasteiger partial charge in [-0.2, -0.15) is 0 Å². The highest BCUT2D eigenvalue weighted by Crippen LogP contribution is 2.24. The Morgan fingerprint density at radius 2 is 2.05 bits per heavy atom. The van der Waals surface area contributed by atoms with Crippen LogP contribution in [0.3, 0.4) is 0 Å². The lowest BCUT2D eigenvalue weighted by Crippen LogP contribution is -2.48. The van der Waals surface area contributed by atoms with Gasteiger partial charge in [0.2, 0.25) is 5.91 Å². The maximum atomic E-state index is 12.0. The first kappa shape index (κ1) is 17.7. The van der Waals surface area contributed by atoms with E-state index in [1.165, 1.54) is 11.3 Å². The first-order chi connectivity index (χ1) is 9.98. The van der Waals surface area contributed by atoms with Crippen molar-refractivity contribution in [1.82, 2.24) is 10.6 Å². The molecule has 1 rings (SSSR count). The van der Waals surface area contributed by atoms with E-state index in [1.54, 1.807) is 19.1 Å². The van der Waals surface area contributed by atoms with E-state index < -0.39 is 6.04 Å². The third kappa shape index (κ3) is 4.82.